The second-order valence-electron chi connectivity index (χ2n) is 10.9. The van der Waals surface area contributed by atoms with Gasteiger partial charge < -0.3 is 14.2 Å². The normalized spacial score (nSPS) is 11.9. The number of methoxy groups -OCH3 is 2. The van der Waals surface area contributed by atoms with Crippen LogP contribution < -0.4 is 9.47 Å². The Hall–Kier alpha value is -3.55. The van der Waals surface area contributed by atoms with Crippen molar-refractivity contribution >= 4 is 27.0 Å². The highest BCUT2D eigenvalue weighted by atomic mass is 32.2. The topological polar surface area (TPSA) is 66.8 Å². The van der Waals surface area contributed by atoms with Gasteiger partial charge >= 0.3 is 0 Å². The number of unbranched alkanes of at least 4 members (excludes halogenated alkanes) is 8. The smallest absolute Gasteiger partial charge is 0.243 e. The third-order valence-electron chi connectivity index (χ3n) is 7.63. The highest BCUT2D eigenvalue weighted by Gasteiger charge is 2.21. The van der Waals surface area contributed by atoms with E-state index in [0.717, 1.165) is 36.8 Å². The number of hydrogen-bond donors (Lipinski definition) is 0. The van der Waals surface area contributed by atoms with Gasteiger partial charge in [-0.05, 0) is 54.7 Å². The molecular weight excluding hydrogens is 558 g/mol. The van der Waals surface area contributed by atoms with Gasteiger partial charge in [0.05, 0.1) is 37.5 Å². The van der Waals surface area contributed by atoms with Crippen molar-refractivity contribution in [3.05, 3.63) is 102 Å². The van der Waals surface area contributed by atoms with Crippen LogP contribution in [-0.4, -0.2) is 33.2 Å². The van der Waals surface area contributed by atoms with Crippen LogP contribution in [0.3, 0.4) is 0 Å². The van der Waals surface area contributed by atoms with Crippen molar-refractivity contribution in [3.63, 3.8) is 0 Å². The number of aromatic nitrogens is 1. The highest BCUT2D eigenvalue weighted by molar-refractivity contribution is 7.89. The van der Waals surface area contributed by atoms with Crippen LogP contribution in [0.4, 0.5) is 0 Å². The Morgan fingerprint density at radius 2 is 1.42 bits per heavy atom. The molecule has 0 aliphatic heterocycles. The van der Waals surface area contributed by atoms with Gasteiger partial charge in [0.2, 0.25) is 10.0 Å². The maximum atomic E-state index is 13.5. The summed E-state index contributed by atoms with van der Waals surface area (Å²) in [6.07, 6.45) is 16.6. The minimum Gasteiger partial charge on any atom is -0.497 e. The van der Waals surface area contributed by atoms with Gasteiger partial charge in [-0.1, -0.05) is 99.2 Å². The lowest BCUT2D eigenvalue weighted by atomic mass is 10.1. The number of hydrogen-bond acceptors (Lipinski definition) is 5. The van der Waals surface area contributed by atoms with Crippen molar-refractivity contribution in [3.8, 4) is 11.5 Å². The van der Waals surface area contributed by atoms with Gasteiger partial charge in [-0.15, -0.1) is 0 Å². The predicted molar refractivity (Wildman–Crippen MR) is 176 cm³/mol. The first-order chi connectivity index (χ1) is 21.0. The predicted octanol–water partition coefficient (Wildman–Crippen LogP) is 8.78. The molecule has 7 heteroatoms. The molecule has 0 aliphatic rings. The summed E-state index contributed by atoms with van der Waals surface area (Å²) in [5, 5.41) is 0.810. The lowest BCUT2D eigenvalue weighted by Crippen LogP contribution is -2.14. The fourth-order valence-electron chi connectivity index (χ4n) is 5.28. The van der Waals surface area contributed by atoms with Crippen molar-refractivity contribution < 1.29 is 22.6 Å². The monoisotopic (exact) mass is 603 g/mol. The van der Waals surface area contributed by atoms with Gasteiger partial charge in [0.25, 0.3) is 0 Å². The van der Waals surface area contributed by atoms with Crippen LogP contribution in [0.15, 0.2) is 85.1 Å². The summed E-state index contributed by atoms with van der Waals surface area (Å²) < 4.78 is 44.9. The molecule has 0 atom stereocenters. The van der Waals surface area contributed by atoms with Crippen molar-refractivity contribution in [2.75, 3.05) is 20.8 Å². The summed E-state index contributed by atoms with van der Waals surface area (Å²) in [6, 6.07) is 23.0. The second-order valence-corrected chi connectivity index (χ2v) is 12.7. The molecule has 1 aromatic heterocycles. The number of ether oxygens (including phenoxy) is 3. The van der Waals surface area contributed by atoms with Crippen LogP contribution in [0.5, 0.6) is 11.5 Å². The molecule has 0 fully saturated rings. The number of rotatable bonds is 19. The molecule has 0 unspecified atom stereocenters. The Balaban J connectivity index is 1.21. The molecule has 0 amide bonds. The van der Waals surface area contributed by atoms with Crippen LogP contribution in [0, 0.1) is 0 Å². The lowest BCUT2D eigenvalue weighted by Gasteiger charge is -2.09. The SMILES string of the molecule is COc1ccc(CS(=O)(=O)n2cc(C=CCCCCCCCCCCOCc3ccccc3)c3c(OC)cccc32)cc1. The van der Waals surface area contributed by atoms with E-state index in [1.54, 1.807) is 44.7 Å². The molecule has 0 saturated heterocycles. The van der Waals surface area contributed by atoms with Gasteiger partial charge in [-0.25, -0.2) is 12.4 Å². The molecule has 43 heavy (non-hydrogen) atoms. The Morgan fingerprint density at radius 3 is 2.12 bits per heavy atom. The van der Waals surface area contributed by atoms with Crippen LogP contribution in [0.25, 0.3) is 17.0 Å². The molecule has 6 nitrogen and oxygen atoms in total. The number of nitrogens with zero attached hydrogens (tertiary/aromatic N) is 1. The Morgan fingerprint density at radius 1 is 0.721 bits per heavy atom. The fraction of sp³-hybridized carbons (Fsp3) is 0.389. The van der Waals surface area contributed by atoms with E-state index >= 15 is 0 Å². The van der Waals surface area contributed by atoms with Crippen molar-refractivity contribution in [1.29, 1.82) is 0 Å². The van der Waals surface area contributed by atoms with E-state index in [0.29, 0.717) is 29.2 Å². The van der Waals surface area contributed by atoms with Crippen molar-refractivity contribution in [2.24, 2.45) is 0 Å². The molecule has 0 spiro atoms. The molecule has 230 valence electrons. The van der Waals surface area contributed by atoms with E-state index in [1.807, 2.05) is 42.5 Å². The van der Waals surface area contributed by atoms with Gasteiger partial charge in [-0.2, -0.15) is 0 Å². The third kappa shape index (κ3) is 9.73. The van der Waals surface area contributed by atoms with Crippen LogP contribution in [0.1, 0.15) is 74.5 Å². The van der Waals surface area contributed by atoms with E-state index in [1.165, 1.54) is 48.1 Å². The molecule has 4 rings (SSSR count). The summed E-state index contributed by atoms with van der Waals surface area (Å²) in [6.45, 7) is 1.54. The van der Waals surface area contributed by atoms with Crippen LogP contribution >= 0.6 is 0 Å². The minimum absolute atomic E-state index is 0.108. The number of fused-ring (bicyclic) bond motifs is 1. The first-order valence-electron chi connectivity index (χ1n) is 15.3. The largest absolute Gasteiger partial charge is 0.497 e. The Kier molecular flexibility index (Phi) is 12.7. The summed E-state index contributed by atoms with van der Waals surface area (Å²) in [5.41, 5.74) is 3.40. The Labute approximate surface area is 257 Å². The summed E-state index contributed by atoms with van der Waals surface area (Å²) >= 11 is 0. The molecule has 4 aromatic rings. The second kappa shape index (κ2) is 16.9. The van der Waals surface area contributed by atoms with Gasteiger partial charge in [-0.3, -0.25) is 0 Å². The zero-order valence-corrected chi connectivity index (χ0v) is 26.4. The maximum absolute atomic E-state index is 13.5. The number of allylic oxidation sites excluding steroid dienone is 1. The first kappa shape index (κ1) is 32.4. The lowest BCUT2D eigenvalue weighted by molar-refractivity contribution is 0.116. The van der Waals surface area contributed by atoms with E-state index in [-0.39, 0.29) is 5.75 Å². The van der Waals surface area contributed by atoms with Crippen molar-refractivity contribution in [2.45, 2.75) is 70.1 Å². The average molecular weight is 604 g/mol. The van der Waals surface area contributed by atoms with Crippen LogP contribution in [-0.2, 0) is 27.1 Å². The minimum atomic E-state index is -3.65. The summed E-state index contributed by atoms with van der Waals surface area (Å²) in [4.78, 5) is 0. The summed E-state index contributed by atoms with van der Waals surface area (Å²) in [7, 11) is -0.445. The maximum Gasteiger partial charge on any atom is 0.243 e. The van der Waals surface area contributed by atoms with Gasteiger partial charge in [0.15, 0.2) is 0 Å². The molecule has 1 heterocycles. The molecule has 0 bridgehead atoms. The average Bonchev–Trinajstić information content (AvgIpc) is 3.42. The van der Waals surface area contributed by atoms with E-state index in [9.17, 15) is 8.42 Å². The molecule has 0 N–H and O–H groups in total. The fourth-order valence-corrected chi connectivity index (χ4v) is 6.76. The molecule has 0 aliphatic carbocycles. The van der Waals surface area contributed by atoms with Gasteiger partial charge in [0, 0.05) is 18.4 Å². The Bertz CT molecular complexity index is 1530. The van der Waals surface area contributed by atoms with E-state index in [2.05, 4.69) is 18.2 Å². The third-order valence-corrected chi connectivity index (χ3v) is 9.23. The first-order valence-corrected chi connectivity index (χ1v) is 16.9. The van der Waals surface area contributed by atoms with E-state index in [4.69, 9.17) is 14.2 Å². The molecular formula is C36H45NO5S. The van der Waals surface area contributed by atoms with Crippen molar-refractivity contribution in [1.82, 2.24) is 3.97 Å². The highest BCUT2D eigenvalue weighted by Crippen LogP contribution is 2.33. The number of benzene rings is 3. The van der Waals surface area contributed by atoms with Crippen LogP contribution in [0.2, 0.25) is 0 Å². The zero-order valence-electron chi connectivity index (χ0n) is 25.5. The zero-order chi connectivity index (χ0) is 30.3. The van der Waals surface area contributed by atoms with E-state index < -0.39 is 10.0 Å². The quantitative estimate of drug-likeness (QED) is 0.100. The summed E-state index contributed by atoms with van der Waals surface area (Å²) in [5.74, 6) is 1.25. The molecule has 3 aromatic carbocycles. The van der Waals surface area contributed by atoms with Gasteiger partial charge in [0.1, 0.15) is 11.5 Å². The molecule has 0 radical (unpaired) electrons. The molecule has 0 saturated carbocycles. The standard InChI is InChI=1S/C36H45NO5S/c1-40-33-24-22-31(23-25-33)29-43(38,39)37-27-32(36-34(37)20-16-21-35(36)41-2)19-14-9-7-5-3-4-6-8-10-15-26-42-28-30-17-12-11-13-18-30/h11-14,16-25,27H,3-10,15,26,28-29H2,1-2H3.